The van der Waals surface area contributed by atoms with E-state index in [0.29, 0.717) is 17.0 Å². The number of esters is 1. The molecule has 1 aromatic rings. The third-order valence-electron chi connectivity index (χ3n) is 5.15. The summed E-state index contributed by atoms with van der Waals surface area (Å²) < 4.78 is 5.09. The lowest BCUT2D eigenvalue weighted by atomic mass is 9.82. The summed E-state index contributed by atoms with van der Waals surface area (Å²) in [5.74, 6) is -3.21. The molecule has 1 amide bonds. The van der Waals surface area contributed by atoms with Crippen LogP contribution in [-0.4, -0.2) is 29.6 Å². The number of allylic oxidation sites excluding steroid dienone is 2. The molecule has 3 rings (SSSR count). The smallest absolute Gasteiger partial charge is 0.341 e. The van der Waals surface area contributed by atoms with Crippen LogP contribution in [0.3, 0.4) is 0 Å². The first-order valence-corrected chi connectivity index (χ1v) is 9.15. The molecule has 2 bridgehead atoms. The van der Waals surface area contributed by atoms with Gasteiger partial charge in [-0.05, 0) is 44.6 Å². The Kier molecular flexibility index (Phi) is 4.69. The lowest BCUT2D eigenvalue weighted by molar-refractivity contribution is -0.146. The Morgan fingerprint density at radius 3 is 2.48 bits per heavy atom. The highest BCUT2D eigenvalue weighted by atomic mass is 32.1. The van der Waals surface area contributed by atoms with E-state index in [9.17, 15) is 19.5 Å². The highest BCUT2D eigenvalue weighted by Gasteiger charge is 2.51. The van der Waals surface area contributed by atoms with Crippen molar-refractivity contribution in [1.82, 2.24) is 0 Å². The summed E-state index contributed by atoms with van der Waals surface area (Å²) in [6, 6.07) is 0. The quantitative estimate of drug-likeness (QED) is 0.620. The van der Waals surface area contributed by atoms with Gasteiger partial charge in [0.1, 0.15) is 5.00 Å². The summed E-state index contributed by atoms with van der Waals surface area (Å²) in [7, 11) is 0. The summed E-state index contributed by atoms with van der Waals surface area (Å²) in [5.41, 5.74) is 1.14. The number of fused-ring (bicyclic) bond motifs is 2. The van der Waals surface area contributed by atoms with Gasteiger partial charge in [-0.25, -0.2) is 4.79 Å². The molecule has 0 spiro atoms. The van der Waals surface area contributed by atoms with Gasteiger partial charge in [-0.15, -0.1) is 11.3 Å². The number of amides is 1. The zero-order valence-corrected chi connectivity index (χ0v) is 15.2. The predicted molar refractivity (Wildman–Crippen MR) is 93.7 cm³/mol. The molecule has 7 heteroatoms. The van der Waals surface area contributed by atoms with E-state index in [0.717, 1.165) is 10.4 Å². The molecule has 1 saturated carbocycles. The van der Waals surface area contributed by atoms with Gasteiger partial charge in [0, 0.05) is 4.88 Å². The van der Waals surface area contributed by atoms with E-state index in [1.807, 2.05) is 26.0 Å². The van der Waals surface area contributed by atoms with E-state index in [-0.39, 0.29) is 24.3 Å². The maximum atomic E-state index is 12.8. The number of thiophene rings is 1. The number of carbonyl (C=O) groups excluding carboxylic acids is 2. The molecule has 0 radical (unpaired) electrons. The summed E-state index contributed by atoms with van der Waals surface area (Å²) in [6.45, 7) is 5.66. The number of aliphatic carboxylic acids is 1. The molecule has 2 N–H and O–H groups in total. The molecule has 0 unspecified atom stereocenters. The van der Waals surface area contributed by atoms with E-state index in [1.54, 1.807) is 6.92 Å². The number of nitrogens with one attached hydrogen (secondary N) is 1. The van der Waals surface area contributed by atoms with Crippen LogP contribution in [-0.2, 0) is 14.3 Å². The Morgan fingerprint density at radius 2 is 1.88 bits per heavy atom. The predicted octanol–water partition coefficient (Wildman–Crippen LogP) is 3.00. The van der Waals surface area contributed by atoms with Gasteiger partial charge >= 0.3 is 11.9 Å². The number of carboxylic acids is 1. The second-order valence-corrected chi connectivity index (χ2v) is 7.76. The van der Waals surface area contributed by atoms with E-state index in [1.165, 1.54) is 11.3 Å². The molecule has 1 heterocycles. The van der Waals surface area contributed by atoms with Crippen molar-refractivity contribution in [3.8, 4) is 0 Å². The molecule has 4 atom stereocenters. The zero-order valence-electron chi connectivity index (χ0n) is 14.4. The molecule has 134 valence electrons. The van der Waals surface area contributed by atoms with E-state index in [4.69, 9.17) is 4.74 Å². The Bertz CT molecular complexity index is 766. The van der Waals surface area contributed by atoms with Crippen molar-refractivity contribution in [1.29, 1.82) is 0 Å². The minimum Gasteiger partial charge on any atom is -0.481 e. The fourth-order valence-corrected chi connectivity index (χ4v) is 4.93. The van der Waals surface area contributed by atoms with Gasteiger partial charge < -0.3 is 15.2 Å². The van der Waals surface area contributed by atoms with Crippen LogP contribution in [0.15, 0.2) is 12.2 Å². The molecule has 6 nitrogen and oxygen atoms in total. The molecule has 1 fully saturated rings. The van der Waals surface area contributed by atoms with Crippen LogP contribution in [0, 0.1) is 37.5 Å². The van der Waals surface area contributed by atoms with Gasteiger partial charge in [0.15, 0.2) is 0 Å². The Labute approximate surface area is 149 Å². The number of rotatable bonds is 5. The SMILES string of the molecule is CCOC(=O)c1c(NC(=O)[C@H]2[C@@H](C(=O)O)[C@H]3C=C[C@@H]2C3)sc(C)c1C. The van der Waals surface area contributed by atoms with Crippen molar-refractivity contribution in [2.24, 2.45) is 23.7 Å². The lowest BCUT2D eigenvalue weighted by Gasteiger charge is -2.23. The Hall–Kier alpha value is -2.15. The van der Waals surface area contributed by atoms with E-state index >= 15 is 0 Å². The van der Waals surface area contributed by atoms with Gasteiger partial charge in [-0.1, -0.05) is 12.2 Å². The Balaban J connectivity index is 1.87. The highest BCUT2D eigenvalue weighted by Crippen LogP contribution is 2.48. The standard InChI is InChI=1S/C18H21NO5S/c1-4-24-18(23)12-8(2)9(3)25-16(12)19-15(20)13-10-5-6-11(7-10)14(13)17(21)22/h5-6,10-11,13-14H,4,7H2,1-3H3,(H,19,20)(H,21,22)/t10-,11+,13-,14+/m1/s1. The van der Waals surface area contributed by atoms with Crippen LogP contribution < -0.4 is 5.32 Å². The van der Waals surface area contributed by atoms with Crippen molar-refractivity contribution < 1.29 is 24.2 Å². The first-order valence-electron chi connectivity index (χ1n) is 8.34. The Morgan fingerprint density at radius 1 is 1.24 bits per heavy atom. The normalized spacial score (nSPS) is 26.7. The van der Waals surface area contributed by atoms with Crippen LogP contribution in [0.25, 0.3) is 0 Å². The number of carbonyl (C=O) groups is 3. The third-order valence-corrected chi connectivity index (χ3v) is 6.27. The van der Waals surface area contributed by atoms with Gasteiger partial charge in [-0.2, -0.15) is 0 Å². The van der Waals surface area contributed by atoms with Crippen LogP contribution in [0.4, 0.5) is 5.00 Å². The average Bonchev–Trinajstić information content (AvgIpc) is 3.21. The number of anilines is 1. The van der Waals surface area contributed by atoms with Crippen LogP contribution in [0.5, 0.6) is 0 Å². The highest BCUT2D eigenvalue weighted by molar-refractivity contribution is 7.16. The van der Waals surface area contributed by atoms with Gasteiger partial charge in [0.05, 0.1) is 24.0 Å². The zero-order chi connectivity index (χ0) is 18.3. The maximum Gasteiger partial charge on any atom is 0.341 e. The van der Waals surface area contributed by atoms with Crippen molar-refractivity contribution in [2.45, 2.75) is 27.2 Å². The number of ether oxygens (including phenoxy) is 1. The number of carboxylic acid groups (broad SMARTS) is 1. The summed E-state index contributed by atoms with van der Waals surface area (Å²) in [6.07, 6.45) is 4.53. The molecule has 25 heavy (non-hydrogen) atoms. The minimum absolute atomic E-state index is 0.0562. The topological polar surface area (TPSA) is 92.7 Å². The van der Waals surface area contributed by atoms with E-state index in [2.05, 4.69) is 5.32 Å². The fraction of sp³-hybridized carbons (Fsp3) is 0.500. The average molecular weight is 363 g/mol. The van der Waals surface area contributed by atoms with Crippen molar-refractivity contribution in [2.75, 3.05) is 11.9 Å². The molecule has 2 aliphatic carbocycles. The van der Waals surface area contributed by atoms with Crippen molar-refractivity contribution in [3.05, 3.63) is 28.2 Å². The summed E-state index contributed by atoms with van der Waals surface area (Å²) >= 11 is 1.31. The van der Waals surface area contributed by atoms with Gasteiger partial charge in [0.25, 0.3) is 0 Å². The summed E-state index contributed by atoms with van der Waals surface area (Å²) in [4.78, 5) is 37.6. The molecule has 0 aliphatic heterocycles. The number of hydrogen-bond donors (Lipinski definition) is 2. The largest absolute Gasteiger partial charge is 0.481 e. The van der Waals surface area contributed by atoms with Crippen molar-refractivity contribution in [3.63, 3.8) is 0 Å². The third kappa shape index (κ3) is 2.97. The van der Waals surface area contributed by atoms with Crippen molar-refractivity contribution >= 4 is 34.2 Å². The number of hydrogen-bond acceptors (Lipinski definition) is 5. The first kappa shape index (κ1) is 17.7. The molecule has 0 saturated heterocycles. The monoisotopic (exact) mass is 363 g/mol. The molecular weight excluding hydrogens is 342 g/mol. The lowest BCUT2D eigenvalue weighted by Crippen LogP contribution is -2.36. The second kappa shape index (κ2) is 6.63. The van der Waals surface area contributed by atoms with E-state index < -0.39 is 23.8 Å². The molecule has 0 aromatic carbocycles. The van der Waals surface area contributed by atoms with Crippen LogP contribution in [0.1, 0.15) is 34.1 Å². The fourth-order valence-electron chi connectivity index (χ4n) is 3.88. The molecular formula is C18H21NO5S. The van der Waals surface area contributed by atoms with Gasteiger partial charge in [0.2, 0.25) is 5.91 Å². The van der Waals surface area contributed by atoms with Crippen LogP contribution in [0.2, 0.25) is 0 Å². The van der Waals surface area contributed by atoms with Crippen LogP contribution >= 0.6 is 11.3 Å². The number of aryl methyl sites for hydroxylation is 1. The summed E-state index contributed by atoms with van der Waals surface area (Å²) in [5, 5.41) is 12.7. The molecule has 1 aromatic heterocycles. The molecule has 2 aliphatic rings. The first-order chi connectivity index (χ1) is 11.8. The maximum absolute atomic E-state index is 12.8. The second-order valence-electron chi connectivity index (χ2n) is 6.54. The minimum atomic E-state index is -0.943. The van der Waals surface area contributed by atoms with Gasteiger partial charge in [-0.3, -0.25) is 9.59 Å².